The molecule has 0 N–H and O–H groups in total. The third-order valence-corrected chi connectivity index (χ3v) is 1.62. The molecule has 0 spiro atoms. The van der Waals surface area contributed by atoms with Gasteiger partial charge in [0, 0.05) is 12.4 Å². The zero-order chi connectivity index (χ0) is 11.5. The molecule has 2 nitrogen and oxygen atoms in total. The molecule has 1 aromatic carbocycles. The summed E-state index contributed by atoms with van der Waals surface area (Å²) in [5, 5.41) is 0. The molecule has 0 aliphatic carbocycles. The van der Waals surface area contributed by atoms with E-state index in [0.29, 0.717) is 13.2 Å². The van der Waals surface area contributed by atoms with Crippen LogP contribution in [0.1, 0.15) is 12.5 Å². The van der Waals surface area contributed by atoms with Gasteiger partial charge in [-0.3, -0.25) is 0 Å². The number of halogens is 1. The van der Waals surface area contributed by atoms with Crippen molar-refractivity contribution < 1.29 is 25.8 Å². The Bertz CT molecular complexity index is 256. The van der Waals surface area contributed by atoms with E-state index in [9.17, 15) is 0 Å². The second-order valence-electron chi connectivity index (χ2n) is 2.75. The van der Waals surface area contributed by atoms with Gasteiger partial charge < -0.3 is 9.47 Å². The summed E-state index contributed by atoms with van der Waals surface area (Å²) >= 11 is 4.25. The van der Waals surface area contributed by atoms with Crippen LogP contribution in [0.15, 0.2) is 18.2 Å². The van der Waals surface area contributed by atoms with Crippen molar-refractivity contribution in [3.05, 3.63) is 29.8 Å². The van der Waals surface area contributed by atoms with Crippen LogP contribution in [-0.4, -0.2) is 19.8 Å². The second-order valence-corrected chi connectivity index (χ2v) is 2.75. The first-order valence-electron chi connectivity index (χ1n) is 4.78. The molecule has 0 bridgehead atoms. The molecule has 0 radical (unpaired) electrons. The summed E-state index contributed by atoms with van der Waals surface area (Å²) in [7, 11) is 0. The van der Waals surface area contributed by atoms with Gasteiger partial charge in [0.15, 0.2) is 0 Å². The van der Waals surface area contributed by atoms with E-state index in [2.05, 4.69) is 19.7 Å². The van der Waals surface area contributed by atoms with Crippen molar-refractivity contribution in [1.29, 1.82) is 0 Å². The molecule has 0 atom stereocenters. The van der Waals surface area contributed by atoms with Crippen LogP contribution in [-0.2, 0) is 21.1 Å². The molecule has 0 saturated carbocycles. The van der Waals surface area contributed by atoms with E-state index in [1.165, 1.54) is 16.3 Å². The second kappa shape index (κ2) is 10.6. The van der Waals surface area contributed by atoms with Crippen molar-refractivity contribution in [2.24, 2.45) is 0 Å². The number of hydrogen-bond acceptors (Lipinski definition) is 2. The fourth-order valence-electron chi connectivity index (χ4n) is 1.01. The Kier molecular flexibility index (Phi) is 10.7. The Morgan fingerprint density at radius 1 is 1.40 bits per heavy atom. The molecule has 4 heteroatoms. The third-order valence-electron chi connectivity index (χ3n) is 1.62. The van der Waals surface area contributed by atoms with E-state index in [1.54, 1.807) is 0 Å². The van der Waals surface area contributed by atoms with Crippen LogP contribution < -0.4 is 4.74 Å². The predicted molar refractivity (Wildman–Crippen MR) is 60.9 cm³/mol. The van der Waals surface area contributed by atoms with E-state index in [1.807, 2.05) is 32.0 Å². The van der Waals surface area contributed by atoms with Gasteiger partial charge in [-0.05, 0) is 6.92 Å². The van der Waals surface area contributed by atoms with Crippen LogP contribution in [0.3, 0.4) is 0 Å². The first kappa shape index (κ1) is 15.1. The Morgan fingerprint density at radius 3 is 2.73 bits per heavy atom. The standard InChI is InChI=1S/C11H15O2.BrH.Zn/c1-3-12-7-8-13-11-6-4-5-10(2)9-11;;/h4,6,9H,3,7-8H2,1-2H3;1H;/q-1;;+2/p-1. The normalized spacial score (nSPS) is 9.13. The van der Waals surface area contributed by atoms with Crippen LogP contribution in [0.4, 0.5) is 0 Å². The fourth-order valence-corrected chi connectivity index (χ4v) is 1.01. The Morgan fingerprint density at radius 2 is 2.13 bits per heavy atom. The van der Waals surface area contributed by atoms with Crippen molar-refractivity contribution in [2.45, 2.75) is 13.8 Å². The maximum atomic E-state index is 5.44. The zero-order valence-corrected chi connectivity index (χ0v) is 13.8. The van der Waals surface area contributed by atoms with E-state index >= 15 is 0 Å². The summed E-state index contributed by atoms with van der Waals surface area (Å²) in [5.74, 6) is 0.885. The molecule has 0 aromatic heterocycles. The molecule has 0 fully saturated rings. The molecule has 0 unspecified atom stereocenters. The van der Waals surface area contributed by atoms with Gasteiger partial charge >= 0.3 is 30.0 Å². The first-order valence-corrected chi connectivity index (χ1v) is 11.7. The quantitative estimate of drug-likeness (QED) is 0.471. The molecular weight excluding hydrogens is 309 g/mol. The van der Waals surface area contributed by atoms with E-state index in [-0.39, 0.29) is 0 Å². The molecule has 15 heavy (non-hydrogen) atoms. The van der Waals surface area contributed by atoms with E-state index in [0.717, 1.165) is 17.9 Å². The Hall–Kier alpha value is 0.0834. The minimum absolute atomic E-state index is 0.608. The topological polar surface area (TPSA) is 18.5 Å². The summed E-state index contributed by atoms with van der Waals surface area (Å²) in [6.07, 6.45) is 0. The predicted octanol–water partition coefficient (Wildman–Crippen LogP) is 3.05. The SMILES string of the molecule is CCOCCOc1cc[c-]c(C)c1.[Zn+][Br]. The fraction of sp³-hybridized carbons (Fsp3) is 0.455. The number of hydrogen-bond donors (Lipinski definition) is 0. The van der Waals surface area contributed by atoms with Crippen molar-refractivity contribution in [1.82, 2.24) is 0 Å². The first-order chi connectivity index (χ1) is 7.33. The molecule has 0 amide bonds. The molecule has 0 heterocycles. The average molecular weight is 325 g/mol. The van der Waals surface area contributed by atoms with Gasteiger partial charge in [-0.1, -0.05) is 6.92 Å². The molecule has 0 aliphatic heterocycles. The van der Waals surface area contributed by atoms with E-state index < -0.39 is 0 Å². The Balaban J connectivity index is 0.000000921. The molecule has 0 saturated heterocycles. The van der Waals surface area contributed by atoms with Crippen LogP contribution in [0.5, 0.6) is 5.75 Å². The van der Waals surface area contributed by atoms with Gasteiger partial charge in [-0.2, -0.15) is 17.7 Å². The van der Waals surface area contributed by atoms with Gasteiger partial charge in [0.2, 0.25) is 0 Å². The summed E-state index contributed by atoms with van der Waals surface area (Å²) in [5.41, 5.74) is 1.09. The molecule has 1 aromatic rings. The van der Waals surface area contributed by atoms with Crippen molar-refractivity contribution in [2.75, 3.05) is 19.8 Å². The molecular formula is C11H15BrO2Zn. The van der Waals surface area contributed by atoms with Gasteiger partial charge in [-0.25, -0.2) is 0 Å². The molecule has 1 rings (SSSR count). The number of ether oxygens (including phenoxy) is 2. The summed E-state index contributed by atoms with van der Waals surface area (Å²) in [4.78, 5) is 0. The number of rotatable bonds is 5. The maximum absolute atomic E-state index is 5.44. The van der Waals surface area contributed by atoms with Crippen LogP contribution in [0.25, 0.3) is 0 Å². The van der Waals surface area contributed by atoms with Crippen molar-refractivity contribution in [3.63, 3.8) is 0 Å². The summed E-state index contributed by atoms with van der Waals surface area (Å²) in [6.45, 7) is 5.97. The zero-order valence-electron chi connectivity index (χ0n) is 9.25. The van der Waals surface area contributed by atoms with E-state index in [4.69, 9.17) is 9.47 Å². The molecule has 0 aliphatic rings. The third kappa shape index (κ3) is 7.95. The van der Waals surface area contributed by atoms with Crippen molar-refractivity contribution >= 4 is 13.6 Å². The monoisotopic (exact) mass is 322 g/mol. The van der Waals surface area contributed by atoms with Crippen LogP contribution in [0, 0.1) is 13.0 Å². The van der Waals surface area contributed by atoms with Gasteiger partial charge in [0.1, 0.15) is 6.61 Å². The Labute approximate surface area is 108 Å². The number of benzene rings is 1. The van der Waals surface area contributed by atoms with Crippen LogP contribution >= 0.6 is 13.6 Å². The average Bonchev–Trinajstić information content (AvgIpc) is 2.27. The molecule has 80 valence electrons. The van der Waals surface area contributed by atoms with Gasteiger partial charge in [0.05, 0.1) is 6.61 Å². The van der Waals surface area contributed by atoms with Crippen molar-refractivity contribution in [3.8, 4) is 5.75 Å². The van der Waals surface area contributed by atoms with Crippen LogP contribution in [0.2, 0.25) is 0 Å². The summed E-state index contributed by atoms with van der Waals surface area (Å²) < 4.78 is 10.6. The summed E-state index contributed by atoms with van der Waals surface area (Å²) in [6, 6.07) is 8.79. The van der Waals surface area contributed by atoms with Gasteiger partial charge in [0.25, 0.3) is 0 Å². The number of aryl methyl sites for hydroxylation is 1. The van der Waals surface area contributed by atoms with Gasteiger partial charge in [-0.15, -0.1) is 12.1 Å². The minimum atomic E-state index is 0.608.